The normalized spacial score (nSPS) is 24.7. The molecule has 1 N–H and O–H groups in total. The fourth-order valence-corrected chi connectivity index (χ4v) is 7.17. The molecular weight excluding hydrogens is 528 g/mol. The SMILES string of the molecule is COc1ccc(Cl)cc1N1C(=O)[C@H]2[C@H](CC(C)C)N[C@]3(c4ccccc4-n4c3nc3ccccc3c4=O)[C@H]2C1=O. The minimum Gasteiger partial charge on any atom is -0.495 e. The number of aromatic nitrogens is 2. The van der Waals surface area contributed by atoms with Gasteiger partial charge < -0.3 is 4.74 Å². The Bertz CT molecular complexity index is 1800. The van der Waals surface area contributed by atoms with Crippen LogP contribution in [0.25, 0.3) is 16.6 Å². The molecule has 8 nitrogen and oxygen atoms in total. The number of nitrogens with one attached hydrogen (secondary N) is 1. The van der Waals surface area contributed by atoms with Gasteiger partial charge in [0.15, 0.2) is 0 Å². The molecule has 9 heteroatoms. The van der Waals surface area contributed by atoms with Crippen LogP contribution in [0.3, 0.4) is 0 Å². The van der Waals surface area contributed by atoms with Crippen LogP contribution in [0, 0.1) is 17.8 Å². The number of nitrogens with zero attached hydrogens (tertiary/aromatic N) is 3. The number of hydrogen-bond acceptors (Lipinski definition) is 6. The van der Waals surface area contributed by atoms with Gasteiger partial charge in [-0.2, -0.15) is 0 Å². The minimum absolute atomic E-state index is 0.208. The predicted molar refractivity (Wildman–Crippen MR) is 152 cm³/mol. The number of para-hydroxylation sites is 2. The Morgan fingerprint density at radius 2 is 1.75 bits per heavy atom. The van der Waals surface area contributed by atoms with E-state index in [2.05, 4.69) is 19.2 Å². The smallest absolute Gasteiger partial charge is 0.266 e. The molecule has 1 aromatic heterocycles. The predicted octanol–water partition coefficient (Wildman–Crippen LogP) is 4.43. The maximum absolute atomic E-state index is 14.6. The average molecular weight is 555 g/mol. The van der Waals surface area contributed by atoms with Crippen molar-refractivity contribution in [1.29, 1.82) is 0 Å². The summed E-state index contributed by atoms with van der Waals surface area (Å²) in [6.45, 7) is 4.18. The van der Waals surface area contributed by atoms with E-state index >= 15 is 0 Å². The standard InChI is InChI=1S/C31H27ClN4O4/c1-16(2)14-21-25-26(29(39)35(28(25)38)23-15-17(32)12-13-24(23)40-3)31(34-21)19-9-5-7-11-22(19)36-27(37)18-8-4-6-10-20(18)33-30(31)36/h4-13,15-16,21,25-26,34H,14H2,1-3H3/t21-,25-,26+,31+/m0/s1. The quantitative estimate of drug-likeness (QED) is 0.375. The summed E-state index contributed by atoms with van der Waals surface area (Å²) < 4.78 is 7.15. The summed E-state index contributed by atoms with van der Waals surface area (Å²) in [5.41, 5.74) is 0.890. The first-order valence-corrected chi connectivity index (χ1v) is 13.8. The molecule has 3 aliphatic heterocycles. The third-order valence-electron chi connectivity index (χ3n) is 8.47. The van der Waals surface area contributed by atoms with Crippen molar-refractivity contribution in [2.75, 3.05) is 12.0 Å². The van der Waals surface area contributed by atoms with Crippen LogP contribution in [0.2, 0.25) is 5.02 Å². The molecule has 2 fully saturated rings. The number of imide groups is 1. The molecule has 4 heterocycles. The third kappa shape index (κ3) is 3.17. The Morgan fingerprint density at radius 3 is 2.52 bits per heavy atom. The van der Waals surface area contributed by atoms with E-state index in [4.69, 9.17) is 21.3 Å². The molecule has 2 amide bonds. The number of fused-ring (bicyclic) bond motifs is 8. The lowest BCUT2D eigenvalue weighted by Gasteiger charge is -2.32. The molecule has 0 bridgehead atoms. The fourth-order valence-electron chi connectivity index (χ4n) is 7.00. The van der Waals surface area contributed by atoms with Crippen LogP contribution < -0.4 is 20.5 Å². The average Bonchev–Trinajstić information content (AvgIpc) is 3.51. The van der Waals surface area contributed by atoms with E-state index in [1.807, 2.05) is 36.4 Å². The molecule has 4 aromatic rings. The highest BCUT2D eigenvalue weighted by Gasteiger charge is 2.70. The zero-order valence-electron chi connectivity index (χ0n) is 22.2. The van der Waals surface area contributed by atoms with Gasteiger partial charge in [-0.25, -0.2) is 9.88 Å². The molecule has 0 unspecified atom stereocenters. The van der Waals surface area contributed by atoms with Gasteiger partial charge in [0.1, 0.15) is 17.1 Å². The minimum atomic E-state index is -1.18. The van der Waals surface area contributed by atoms with Crippen molar-refractivity contribution in [1.82, 2.24) is 14.9 Å². The Labute approximate surface area is 235 Å². The van der Waals surface area contributed by atoms with E-state index in [0.29, 0.717) is 45.3 Å². The molecule has 0 saturated carbocycles. The van der Waals surface area contributed by atoms with E-state index in [1.54, 1.807) is 34.9 Å². The first-order chi connectivity index (χ1) is 19.3. The molecule has 3 aromatic carbocycles. The summed E-state index contributed by atoms with van der Waals surface area (Å²) in [6.07, 6.45) is 0.655. The number of halogens is 1. The highest BCUT2D eigenvalue weighted by Crippen LogP contribution is 2.56. The monoisotopic (exact) mass is 554 g/mol. The Morgan fingerprint density at radius 1 is 1.00 bits per heavy atom. The van der Waals surface area contributed by atoms with Gasteiger partial charge in [-0.1, -0.05) is 55.8 Å². The van der Waals surface area contributed by atoms with Gasteiger partial charge in [-0.05, 0) is 48.7 Å². The van der Waals surface area contributed by atoms with Crippen molar-refractivity contribution in [3.8, 4) is 11.4 Å². The molecule has 1 spiro atoms. The number of anilines is 1. The highest BCUT2D eigenvalue weighted by molar-refractivity contribution is 6.31. The molecule has 0 radical (unpaired) electrons. The molecule has 2 saturated heterocycles. The topological polar surface area (TPSA) is 93.5 Å². The largest absolute Gasteiger partial charge is 0.495 e. The second-order valence-electron chi connectivity index (χ2n) is 11.1. The van der Waals surface area contributed by atoms with Crippen LogP contribution >= 0.6 is 11.6 Å². The summed E-state index contributed by atoms with van der Waals surface area (Å²) in [5, 5.41) is 4.61. The summed E-state index contributed by atoms with van der Waals surface area (Å²) in [4.78, 5) is 49.0. The van der Waals surface area contributed by atoms with E-state index in [1.165, 1.54) is 12.0 Å². The van der Waals surface area contributed by atoms with Crippen LogP contribution in [-0.2, 0) is 15.1 Å². The van der Waals surface area contributed by atoms with Gasteiger partial charge in [-0.15, -0.1) is 0 Å². The van der Waals surface area contributed by atoms with Gasteiger partial charge >= 0.3 is 0 Å². The molecule has 7 rings (SSSR count). The van der Waals surface area contributed by atoms with Crippen molar-refractivity contribution in [3.63, 3.8) is 0 Å². The van der Waals surface area contributed by atoms with Crippen molar-refractivity contribution in [2.24, 2.45) is 17.8 Å². The molecule has 0 aliphatic carbocycles. The number of carbonyl (C=O) groups excluding carboxylic acids is 2. The van der Waals surface area contributed by atoms with E-state index < -0.39 is 17.4 Å². The number of ether oxygens (including phenoxy) is 1. The zero-order chi connectivity index (χ0) is 27.9. The maximum Gasteiger partial charge on any atom is 0.266 e. The van der Waals surface area contributed by atoms with E-state index in [-0.39, 0.29) is 29.3 Å². The van der Waals surface area contributed by atoms with E-state index in [9.17, 15) is 14.4 Å². The number of amides is 2. The van der Waals surface area contributed by atoms with Gasteiger partial charge in [0.2, 0.25) is 11.8 Å². The second kappa shape index (κ2) is 8.74. The van der Waals surface area contributed by atoms with Crippen LogP contribution in [-0.4, -0.2) is 34.5 Å². The number of carbonyl (C=O) groups is 2. The zero-order valence-corrected chi connectivity index (χ0v) is 23.0. The van der Waals surface area contributed by atoms with Gasteiger partial charge in [0.25, 0.3) is 5.56 Å². The van der Waals surface area contributed by atoms with Crippen molar-refractivity contribution < 1.29 is 14.3 Å². The number of methoxy groups -OCH3 is 1. The molecule has 202 valence electrons. The summed E-state index contributed by atoms with van der Waals surface area (Å²) in [5.74, 6) is -1.16. The second-order valence-corrected chi connectivity index (χ2v) is 11.6. The molecule has 4 atom stereocenters. The fraction of sp³-hybridized carbons (Fsp3) is 0.290. The first-order valence-electron chi connectivity index (χ1n) is 13.4. The number of rotatable bonds is 4. The summed E-state index contributed by atoms with van der Waals surface area (Å²) in [6, 6.07) is 19.3. The Balaban J connectivity index is 1.52. The molecular formula is C31H27ClN4O4. The van der Waals surface area contributed by atoms with E-state index in [0.717, 1.165) is 5.56 Å². The van der Waals surface area contributed by atoms with Crippen molar-refractivity contribution in [2.45, 2.75) is 31.8 Å². The maximum atomic E-state index is 14.6. The lowest BCUT2D eigenvalue weighted by Crippen LogP contribution is -2.50. The van der Waals surface area contributed by atoms with Crippen LogP contribution in [0.4, 0.5) is 5.69 Å². The molecule has 3 aliphatic rings. The van der Waals surface area contributed by atoms with Crippen LogP contribution in [0.5, 0.6) is 5.75 Å². The van der Waals surface area contributed by atoms with Gasteiger partial charge in [-0.3, -0.25) is 24.3 Å². The first kappa shape index (κ1) is 25.0. The summed E-state index contributed by atoms with van der Waals surface area (Å²) in [7, 11) is 1.49. The lowest BCUT2D eigenvalue weighted by atomic mass is 9.75. The Kier molecular flexibility index (Phi) is 5.46. The van der Waals surface area contributed by atoms with Crippen LogP contribution in [0.1, 0.15) is 31.7 Å². The number of benzene rings is 3. The van der Waals surface area contributed by atoms with Gasteiger partial charge in [0.05, 0.1) is 41.2 Å². The Hall–Kier alpha value is -4.01. The van der Waals surface area contributed by atoms with Crippen molar-refractivity contribution in [3.05, 3.63) is 93.5 Å². The number of hydrogen-bond donors (Lipinski definition) is 1. The summed E-state index contributed by atoms with van der Waals surface area (Å²) >= 11 is 6.33. The third-order valence-corrected chi connectivity index (χ3v) is 8.70. The lowest BCUT2D eigenvalue weighted by molar-refractivity contribution is -0.123. The molecule has 40 heavy (non-hydrogen) atoms. The highest BCUT2D eigenvalue weighted by atomic mass is 35.5. The van der Waals surface area contributed by atoms with Crippen molar-refractivity contribution >= 4 is 40.0 Å². The van der Waals surface area contributed by atoms with Crippen LogP contribution in [0.15, 0.2) is 71.5 Å². The van der Waals surface area contributed by atoms with Gasteiger partial charge in [0, 0.05) is 16.6 Å².